The largest absolute Gasteiger partial charge is 0.379 e. The molecule has 0 unspecified atom stereocenters. The predicted octanol–water partition coefficient (Wildman–Crippen LogP) is 1.79. The highest BCUT2D eigenvalue weighted by atomic mass is 19.1. The summed E-state index contributed by atoms with van der Waals surface area (Å²) >= 11 is 0. The summed E-state index contributed by atoms with van der Waals surface area (Å²) < 4.78 is 19.0. The number of hydrogen-bond donors (Lipinski definition) is 1. The molecule has 3 aliphatic heterocycles. The number of quaternary nitrogens is 1. The van der Waals surface area contributed by atoms with Gasteiger partial charge in [-0.25, -0.2) is 4.39 Å². The number of hydrogen-bond acceptors (Lipinski definition) is 5. The van der Waals surface area contributed by atoms with Gasteiger partial charge in [0.1, 0.15) is 5.82 Å². The normalized spacial score (nSPS) is 26.3. The molecule has 3 aliphatic rings. The van der Waals surface area contributed by atoms with E-state index in [4.69, 9.17) is 9.72 Å². The van der Waals surface area contributed by atoms with E-state index in [0.29, 0.717) is 37.6 Å². The summed E-state index contributed by atoms with van der Waals surface area (Å²) in [4.78, 5) is 25.5. The van der Waals surface area contributed by atoms with Crippen LogP contribution in [0.3, 0.4) is 0 Å². The monoisotopic (exact) mass is 510 g/mol. The van der Waals surface area contributed by atoms with Crippen LogP contribution in [-0.2, 0) is 21.4 Å². The molecule has 0 saturated carbocycles. The van der Waals surface area contributed by atoms with E-state index in [-0.39, 0.29) is 17.1 Å². The minimum Gasteiger partial charge on any atom is -0.379 e. The van der Waals surface area contributed by atoms with Gasteiger partial charge in [0, 0.05) is 37.3 Å². The van der Waals surface area contributed by atoms with E-state index in [1.54, 1.807) is 12.1 Å². The summed E-state index contributed by atoms with van der Waals surface area (Å²) in [5, 5.41) is 2.41. The van der Waals surface area contributed by atoms with Crippen LogP contribution in [0.1, 0.15) is 44.5 Å². The second kappa shape index (κ2) is 10.8. The number of amides is 1. The first kappa shape index (κ1) is 26.2. The quantitative estimate of drug-likeness (QED) is 0.642. The molecule has 8 heteroatoms. The fourth-order valence-corrected chi connectivity index (χ4v) is 6.01. The Kier molecular flexibility index (Phi) is 7.63. The van der Waals surface area contributed by atoms with Crippen LogP contribution in [0.4, 0.5) is 10.1 Å². The van der Waals surface area contributed by atoms with Gasteiger partial charge in [0.15, 0.2) is 0 Å². The Hall–Kier alpha value is -2.39. The Balaban J connectivity index is 1.33. The lowest BCUT2D eigenvalue weighted by Gasteiger charge is -2.42. The zero-order valence-corrected chi connectivity index (χ0v) is 22.6. The second-order valence-corrected chi connectivity index (χ2v) is 11.8. The van der Waals surface area contributed by atoms with Crippen LogP contribution in [0, 0.1) is 5.82 Å². The molecule has 0 aliphatic carbocycles. The molecular formula is C29H41FN5O2+. The van der Waals surface area contributed by atoms with Gasteiger partial charge < -0.3 is 15.0 Å². The lowest BCUT2D eigenvalue weighted by molar-refractivity contribution is -0.700. The van der Waals surface area contributed by atoms with Crippen molar-refractivity contribution in [3.05, 3.63) is 59.2 Å². The fourth-order valence-electron chi connectivity index (χ4n) is 6.01. The lowest BCUT2D eigenvalue weighted by Crippen LogP contribution is -2.96. The Labute approximate surface area is 220 Å². The Bertz CT molecular complexity index is 1110. The first-order valence-electron chi connectivity index (χ1n) is 13.6. The van der Waals surface area contributed by atoms with Gasteiger partial charge in [-0.2, -0.15) is 0 Å². The summed E-state index contributed by atoms with van der Waals surface area (Å²) in [7, 11) is 0. The second-order valence-electron chi connectivity index (χ2n) is 11.8. The SMILES string of the molecule is C[C@@H]1CN(CC(=O)N2CC(C)(C)c3ncc(Cc4ccc(F)cc4)cc32)[C@@H](CN2CCOC[C@H]2C)C[NH2+]1. The average Bonchev–Trinajstić information content (AvgIpc) is 3.14. The maximum absolute atomic E-state index is 13.9. The molecule has 7 nitrogen and oxygen atoms in total. The zero-order chi connectivity index (χ0) is 26.2. The molecule has 0 bridgehead atoms. The van der Waals surface area contributed by atoms with Crippen molar-refractivity contribution < 1.29 is 19.2 Å². The van der Waals surface area contributed by atoms with Gasteiger partial charge in [-0.15, -0.1) is 0 Å². The van der Waals surface area contributed by atoms with Crippen LogP contribution in [0.15, 0.2) is 36.5 Å². The fraction of sp³-hybridized carbons (Fsp3) is 0.586. The van der Waals surface area contributed by atoms with Crippen LogP contribution in [0.2, 0.25) is 0 Å². The summed E-state index contributed by atoms with van der Waals surface area (Å²) in [6.07, 6.45) is 2.56. The number of aromatic nitrogens is 1. The molecule has 2 aromatic rings. The molecule has 2 fully saturated rings. The van der Waals surface area contributed by atoms with E-state index in [0.717, 1.165) is 61.9 Å². The molecule has 0 spiro atoms. The van der Waals surface area contributed by atoms with Crippen LogP contribution >= 0.6 is 0 Å². The van der Waals surface area contributed by atoms with Crippen LogP contribution < -0.4 is 10.2 Å². The Morgan fingerprint density at radius 1 is 1.19 bits per heavy atom. The van der Waals surface area contributed by atoms with Crippen molar-refractivity contribution in [2.24, 2.45) is 0 Å². The highest BCUT2D eigenvalue weighted by Crippen LogP contribution is 2.39. The number of fused-ring (bicyclic) bond motifs is 1. The third-order valence-electron chi connectivity index (χ3n) is 8.17. The van der Waals surface area contributed by atoms with E-state index in [2.05, 4.69) is 48.9 Å². The maximum atomic E-state index is 13.9. The molecule has 200 valence electrons. The number of carbonyl (C=O) groups excluding carboxylic acids is 1. The molecule has 3 atom stereocenters. The summed E-state index contributed by atoms with van der Waals surface area (Å²) in [6.45, 7) is 15.2. The number of carbonyl (C=O) groups is 1. The highest BCUT2D eigenvalue weighted by molar-refractivity contribution is 5.97. The summed E-state index contributed by atoms with van der Waals surface area (Å²) in [5.41, 5.74) is 3.75. The number of ether oxygens (including phenoxy) is 1. The molecule has 2 N–H and O–H groups in total. The number of piperazine rings is 1. The number of benzene rings is 1. The molecule has 2 saturated heterocycles. The van der Waals surface area contributed by atoms with Crippen molar-refractivity contribution in [1.29, 1.82) is 0 Å². The van der Waals surface area contributed by atoms with Gasteiger partial charge in [-0.1, -0.05) is 26.0 Å². The van der Waals surface area contributed by atoms with E-state index in [1.165, 1.54) is 12.1 Å². The highest BCUT2D eigenvalue weighted by Gasteiger charge is 2.41. The molecule has 0 radical (unpaired) electrons. The van der Waals surface area contributed by atoms with Crippen molar-refractivity contribution in [3.8, 4) is 0 Å². The van der Waals surface area contributed by atoms with Crippen molar-refractivity contribution in [2.45, 2.75) is 57.7 Å². The van der Waals surface area contributed by atoms with Crippen molar-refractivity contribution in [3.63, 3.8) is 0 Å². The minimum atomic E-state index is -0.236. The third-order valence-corrected chi connectivity index (χ3v) is 8.17. The average molecular weight is 511 g/mol. The molecule has 37 heavy (non-hydrogen) atoms. The molecule has 1 aromatic heterocycles. The number of nitrogens with zero attached hydrogens (tertiary/aromatic N) is 4. The molecule has 4 heterocycles. The minimum absolute atomic E-state index is 0.140. The summed E-state index contributed by atoms with van der Waals surface area (Å²) in [6, 6.07) is 9.90. The van der Waals surface area contributed by atoms with Gasteiger partial charge in [-0.05, 0) is 49.6 Å². The summed E-state index contributed by atoms with van der Waals surface area (Å²) in [5.74, 6) is -0.0953. The third kappa shape index (κ3) is 5.87. The Morgan fingerprint density at radius 3 is 2.73 bits per heavy atom. The van der Waals surface area contributed by atoms with E-state index in [1.807, 2.05) is 11.1 Å². The van der Waals surface area contributed by atoms with E-state index >= 15 is 0 Å². The van der Waals surface area contributed by atoms with Crippen LogP contribution in [0.25, 0.3) is 0 Å². The van der Waals surface area contributed by atoms with Crippen molar-refractivity contribution >= 4 is 11.6 Å². The zero-order valence-electron chi connectivity index (χ0n) is 22.6. The molecule has 5 rings (SSSR count). The lowest BCUT2D eigenvalue weighted by atomic mass is 9.91. The first-order chi connectivity index (χ1) is 17.7. The first-order valence-corrected chi connectivity index (χ1v) is 13.6. The smallest absolute Gasteiger partial charge is 0.241 e. The number of morpholine rings is 1. The van der Waals surface area contributed by atoms with Gasteiger partial charge in [0.2, 0.25) is 5.91 Å². The van der Waals surface area contributed by atoms with Gasteiger partial charge in [0.05, 0.1) is 56.3 Å². The predicted molar refractivity (Wildman–Crippen MR) is 142 cm³/mol. The van der Waals surface area contributed by atoms with Crippen LogP contribution in [-0.4, -0.2) is 91.3 Å². The standard InChI is InChI=1S/C29H40FN5O2/c1-20-15-34(25(14-31-20)16-33-9-10-37-18-21(33)2)17-27(36)35-19-29(3,4)28-26(35)12-23(13-32-28)11-22-5-7-24(30)8-6-22/h5-8,12-13,20-21,25,31H,9-11,14-19H2,1-4H3/p+1/t20-,21-,25-/m1/s1. The van der Waals surface area contributed by atoms with Gasteiger partial charge in [-0.3, -0.25) is 19.6 Å². The number of pyridine rings is 1. The van der Waals surface area contributed by atoms with Gasteiger partial charge in [0.25, 0.3) is 0 Å². The van der Waals surface area contributed by atoms with Crippen molar-refractivity contribution in [2.75, 3.05) is 57.4 Å². The number of anilines is 1. The number of nitrogens with two attached hydrogens (primary N) is 1. The molecular weight excluding hydrogens is 469 g/mol. The van der Waals surface area contributed by atoms with E-state index < -0.39 is 0 Å². The van der Waals surface area contributed by atoms with E-state index in [9.17, 15) is 9.18 Å². The number of halogens is 1. The maximum Gasteiger partial charge on any atom is 0.241 e. The Morgan fingerprint density at radius 2 is 1.97 bits per heavy atom. The molecule has 1 aromatic carbocycles. The molecule has 1 amide bonds. The van der Waals surface area contributed by atoms with Gasteiger partial charge >= 0.3 is 0 Å². The topological polar surface area (TPSA) is 65.5 Å². The van der Waals surface area contributed by atoms with Crippen molar-refractivity contribution in [1.82, 2.24) is 14.8 Å². The number of rotatable bonds is 6. The van der Waals surface area contributed by atoms with Crippen LogP contribution in [0.5, 0.6) is 0 Å².